The first-order valence-electron chi connectivity index (χ1n) is 6.17. The molecule has 3 nitrogen and oxygen atoms in total. The zero-order chi connectivity index (χ0) is 12.3. The minimum atomic E-state index is 0.321. The van der Waals surface area contributed by atoms with Gasteiger partial charge in [0.15, 0.2) is 0 Å². The largest absolute Gasteiger partial charge is 0.490 e. The zero-order valence-electron chi connectivity index (χ0n) is 10.4. The van der Waals surface area contributed by atoms with E-state index in [1.54, 1.807) is 6.92 Å². The molecular weight excluding hydrogens is 214 g/mol. The van der Waals surface area contributed by atoms with Gasteiger partial charge in [0.2, 0.25) is 0 Å². The topological polar surface area (TPSA) is 41.8 Å². The number of nitrogens with zero attached hydrogens (tertiary/aromatic N) is 1. The van der Waals surface area contributed by atoms with E-state index in [1.165, 1.54) is 12.8 Å². The van der Waals surface area contributed by atoms with Gasteiger partial charge in [-0.1, -0.05) is 11.2 Å². The van der Waals surface area contributed by atoms with Gasteiger partial charge in [-0.25, -0.2) is 0 Å². The number of rotatable bonds is 3. The minimum absolute atomic E-state index is 0.321. The second-order valence-electron chi connectivity index (χ2n) is 4.71. The van der Waals surface area contributed by atoms with Crippen molar-refractivity contribution in [2.75, 3.05) is 0 Å². The van der Waals surface area contributed by atoms with E-state index in [-0.39, 0.29) is 0 Å². The van der Waals surface area contributed by atoms with E-state index < -0.39 is 0 Å². The third-order valence-electron chi connectivity index (χ3n) is 3.27. The lowest BCUT2D eigenvalue weighted by molar-refractivity contribution is 0.209. The molecule has 1 aliphatic carbocycles. The number of hydrogen-bond acceptors (Lipinski definition) is 3. The van der Waals surface area contributed by atoms with Crippen molar-refractivity contribution >= 4 is 5.71 Å². The maximum Gasteiger partial charge on any atom is 0.129 e. The Morgan fingerprint density at radius 1 is 1.35 bits per heavy atom. The molecule has 0 amide bonds. The van der Waals surface area contributed by atoms with Gasteiger partial charge in [-0.05, 0) is 57.2 Å². The van der Waals surface area contributed by atoms with Crippen LogP contribution in [0, 0.1) is 6.92 Å². The van der Waals surface area contributed by atoms with Gasteiger partial charge < -0.3 is 9.94 Å². The number of benzene rings is 1. The number of oxime groups is 1. The second-order valence-corrected chi connectivity index (χ2v) is 4.71. The molecule has 1 saturated carbocycles. The average molecular weight is 233 g/mol. The fourth-order valence-electron chi connectivity index (χ4n) is 2.27. The van der Waals surface area contributed by atoms with E-state index in [0.29, 0.717) is 11.8 Å². The number of ether oxygens (including phenoxy) is 1. The summed E-state index contributed by atoms with van der Waals surface area (Å²) in [5.74, 6) is 0.840. The van der Waals surface area contributed by atoms with E-state index in [1.807, 2.05) is 25.1 Å². The van der Waals surface area contributed by atoms with Crippen molar-refractivity contribution in [2.45, 2.75) is 45.6 Å². The highest BCUT2D eigenvalue weighted by atomic mass is 16.5. The minimum Gasteiger partial charge on any atom is -0.490 e. The lowest BCUT2D eigenvalue weighted by atomic mass is 10.1. The van der Waals surface area contributed by atoms with Crippen LogP contribution in [0.2, 0.25) is 0 Å². The molecule has 1 N–H and O–H groups in total. The van der Waals surface area contributed by atoms with Crippen molar-refractivity contribution in [3.8, 4) is 5.75 Å². The summed E-state index contributed by atoms with van der Waals surface area (Å²) < 4.78 is 6.02. The van der Waals surface area contributed by atoms with Crippen molar-refractivity contribution in [2.24, 2.45) is 5.16 Å². The molecule has 1 aliphatic rings. The van der Waals surface area contributed by atoms with Gasteiger partial charge in [0.1, 0.15) is 5.75 Å². The highest BCUT2D eigenvalue weighted by Gasteiger charge is 2.18. The molecular formula is C14H19NO2. The maximum atomic E-state index is 8.88. The Labute approximate surface area is 102 Å². The monoisotopic (exact) mass is 233 g/mol. The summed E-state index contributed by atoms with van der Waals surface area (Å²) >= 11 is 0. The van der Waals surface area contributed by atoms with E-state index >= 15 is 0 Å². The second kappa shape index (κ2) is 5.21. The van der Waals surface area contributed by atoms with Crippen LogP contribution in [0.4, 0.5) is 0 Å². The van der Waals surface area contributed by atoms with Gasteiger partial charge in [0, 0.05) is 5.56 Å². The van der Waals surface area contributed by atoms with Crippen LogP contribution in [0.15, 0.2) is 23.4 Å². The summed E-state index contributed by atoms with van der Waals surface area (Å²) in [5.41, 5.74) is 2.63. The molecule has 92 valence electrons. The molecule has 0 atom stereocenters. The standard InChI is InChI=1S/C14H19NO2/c1-10-7-8-13(11(2)15-16)14(9-10)17-12-5-3-4-6-12/h7-9,12,16H,3-6H2,1-2H3/b15-11+. The van der Waals surface area contributed by atoms with Gasteiger partial charge >= 0.3 is 0 Å². The summed E-state index contributed by atoms with van der Waals surface area (Å²) in [5, 5.41) is 12.1. The van der Waals surface area contributed by atoms with Crippen LogP contribution in [0.5, 0.6) is 5.75 Å². The third kappa shape index (κ3) is 2.78. The molecule has 2 rings (SSSR count). The normalized spacial score (nSPS) is 17.4. The molecule has 0 radical (unpaired) electrons. The highest BCUT2D eigenvalue weighted by Crippen LogP contribution is 2.28. The molecule has 0 bridgehead atoms. The summed E-state index contributed by atoms with van der Waals surface area (Å²) in [4.78, 5) is 0. The molecule has 0 spiro atoms. The fourth-order valence-corrected chi connectivity index (χ4v) is 2.27. The molecule has 0 aromatic heterocycles. The van der Waals surface area contributed by atoms with Gasteiger partial charge in [0.25, 0.3) is 0 Å². The number of hydrogen-bond donors (Lipinski definition) is 1. The third-order valence-corrected chi connectivity index (χ3v) is 3.27. The van der Waals surface area contributed by atoms with Crippen molar-refractivity contribution in [1.29, 1.82) is 0 Å². The first-order chi connectivity index (χ1) is 8.20. The maximum absolute atomic E-state index is 8.88. The van der Waals surface area contributed by atoms with E-state index in [0.717, 1.165) is 29.7 Å². The van der Waals surface area contributed by atoms with Crippen LogP contribution < -0.4 is 4.74 Å². The molecule has 1 aromatic carbocycles. The van der Waals surface area contributed by atoms with Crippen LogP contribution in [-0.2, 0) is 0 Å². The first kappa shape index (κ1) is 12.0. The quantitative estimate of drug-likeness (QED) is 0.493. The van der Waals surface area contributed by atoms with Crippen LogP contribution in [0.1, 0.15) is 43.7 Å². The SMILES string of the molecule is C/C(=N\O)c1ccc(C)cc1OC1CCCC1. The fraction of sp³-hybridized carbons (Fsp3) is 0.500. The van der Waals surface area contributed by atoms with Gasteiger partial charge in [-0.15, -0.1) is 0 Å². The molecule has 1 fully saturated rings. The molecule has 0 heterocycles. The average Bonchev–Trinajstić information content (AvgIpc) is 2.81. The Balaban J connectivity index is 2.26. The van der Waals surface area contributed by atoms with Gasteiger partial charge in [-0.3, -0.25) is 0 Å². The summed E-state index contributed by atoms with van der Waals surface area (Å²) in [6.07, 6.45) is 5.07. The predicted molar refractivity (Wildman–Crippen MR) is 68.1 cm³/mol. The van der Waals surface area contributed by atoms with E-state index in [9.17, 15) is 0 Å². The van der Waals surface area contributed by atoms with Crippen molar-refractivity contribution in [1.82, 2.24) is 0 Å². The summed E-state index contributed by atoms with van der Waals surface area (Å²) in [6.45, 7) is 3.82. The summed E-state index contributed by atoms with van der Waals surface area (Å²) in [6, 6.07) is 5.97. The Hall–Kier alpha value is -1.51. The van der Waals surface area contributed by atoms with Crippen LogP contribution in [0.3, 0.4) is 0 Å². The molecule has 3 heteroatoms. The lowest BCUT2D eigenvalue weighted by Gasteiger charge is -2.16. The highest BCUT2D eigenvalue weighted by molar-refractivity contribution is 6.00. The predicted octanol–water partition coefficient (Wildman–Crippen LogP) is 3.51. The summed E-state index contributed by atoms with van der Waals surface area (Å²) in [7, 11) is 0. The van der Waals surface area contributed by atoms with Crippen LogP contribution in [0.25, 0.3) is 0 Å². The Morgan fingerprint density at radius 3 is 2.71 bits per heavy atom. The van der Waals surface area contributed by atoms with Crippen molar-refractivity contribution in [3.63, 3.8) is 0 Å². The van der Waals surface area contributed by atoms with E-state index in [2.05, 4.69) is 5.16 Å². The molecule has 0 unspecified atom stereocenters. The van der Waals surface area contributed by atoms with Crippen LogP contribution >= 0.6 is 0 Å². The number of aryl methyl sites for hydroxylation is 1. The smallest absolute Gasteiger partial charge is 0.129 e. The first-order valence-corrected chi connectivity index (χ1v) is 6.17. The van der Waals surface area contributed by atoms with E-state index in [4.69, 9.17) is 9.94 Å². The van der Waals surface area contributed by atoms with Gasteiger partial charge in [-0.2, -0.15) is 0 Å². The molecule has 0 aliphatic heterocycles. The molecule has 0 saturated heterocycles. The van der Waals surface area contributed by atoms with Gasteiger partial charge in [0.05, 0.1) is 11.8 Å². The Morgan fingerprint density at radius 2 is 2.06 bits per heavy atom. The Kier molecular flexibility index (Phi) is 3.67. The zero-order valence-corrected chi connectivity index (χ0v) is 10.4. The van der Waals surface area contributed by atoms with Crippen molar-refractivity contribution < 1.29 is 9.94 Å². The molecule has 17 heavy (non-hydrogen) atoms. The molecule has 1 aromatic rings. The lowest BCUT2D eigenvalue weighted by Crippen LogP contribution is -2.13. The van der Waals surface area contributed by atoms with Crippen LogP contribution in [-0.4, -0.2) is 17.0 Å². The van der Waals surface area contributed by atoms with Crippen molar-refractivity contribution in [3.05, 3.63) is 29.3 Å². The Bertz CT molecular complexity index is 420.